The van der Waals surface area contributed by atoms with Gasteiger partial charge in [-0.25, -0.2) is 13.4 Å². The van der Waals surface area contributed by atoms with Gasteiger partial charge >= 0.3 is 0 Å². The van der Waals surface area contributed by atoms with Crippen molar-refractivity contribution in [3.63, 3.8) is 0 Å². The monoisotopic (exact) mass is 265 g/mol. The van der Waals surface area contributed by atoms with E-state index in [0.29, 0.717) is 5.52 Å². The van der Waals surface area contributed by atoms with Crippen molar-refractivity contribution < 1.29 is 8.42 Å². The molecular weight excluding hydrogens is 250 g/mol. The van der Waals surface area contributed by atoms with Crippen molar-refractivity contribution >= 4 is 20.9 Å². The highest BCUT2D eigenvalue weighted by molar-refractivity contribution is 7.91. The maximum Gasteiger partial charge on any atom is 0.226 e. The van der Waals surface area contributed by atoms with Crippen molar-refractivity contribution in [2.24, 2.45) is 0 Å². The summed E-state index contributed by atoms with van der Waals surface area (Å²) in [4.78, 5) is 7.04. The number of nitrogens with one attached hydrogen (secondary N) is 2. The molecule has 1 aromatic carbocycles. The maximum atomic E-state index is 12.2. The van der Waals surface area contributed by atoms with E-state index in [-0.39, 0.29) is 17.0 Å². The highest BCUT2D eigenvalue weighted by Gasteiger charge is 2.26. The lowest BCUT2D eigenvalue weighted by Crippen LogP contribution is -2.30. The number of para-hydroxylation sites is 2. The average Bonchev–Trinajstić information content (AvgIpc) is 2.96. The largest absolute Gasteiger partial charge is 0.329 e. The Balaban J connectivity index is 1.92. The molecule has 0 amide bonds. The van der Waals surface area contributed by atoms with Crippen molar-refractivity contribution in [1.29, 1.82) is 0 Å². The number of hydrogen-bond acceptors (Lipinski definition) is 4. The second-order valence-electron chi connectivity index (χ2n) is 4.63. The molecule has 96 valence electrons. The first-order chi connectivity index (χ1) is 8.65. The second kappa shape index (κ2) is 4.37. The summed E-state index contributed by atoms with van der Waals surface area (Å²) < 4.78 is 24.4. The summed E-state index contributed by atoms with van der Waals surface area (Å²) in [5.41, 5.74) is 1.45. The van der Waals surface area contributed by atoms with Gasteiger partial charge in [-0.05, 0) is 31.5 Å². The van der Waals surface area contributed by atoms with E-state index in [2.05, 4.69) is 15.3 Å². The molecular formula is C12H15N3O2S. The van der Waals surface area contributed by atoms with Crippen LogP contribution in [0.15, 0.2) is 29.4 Å². The van der Waals surface area contributed by atoms with E-state index in [0.717, 1.165) is 24.9 Å². The molecule has 0 unspecified atom stereocenters. The van der Waals surface area contributed by atoms with Gasteiger partial charge in [0.25, 0.3) is 0 Å². The van der Waals surface area contributed by atoms with Crippen LogP contribution in [0.2, 0.25) is 0 Å². The molecule has 2 aromatic rings. The van der Waals surface area contributed by atoms with E-state index in [1.54, 1.807) is 6.07 Å². The molecule has 1 saturated heterocycles. The number of rotatable bonds is 3. The van der Waals surface area contributed by atoms with Crippen LogP contribution in [-0.2, 0) is 9.84 Å². The molecule has 0 spiro atoms. The minimum absolute atomic E-state index is 0.0585. The molecule has 1 aromatic heterocycles. The van der Waals surface area contributed by atoms with Gasteiger partial charge in [0.05, 0.1) is 16.8 Å². The van der Waals surface area contributed by atoms with Crippen LogP contribution in [-0.4, -0.2) is 36.7 Å². The lowest BCUT2D eigenvalue weighted by molar-refractivity contribution is 0.571. The number of aromatic amines is 1. The normalized spacial score (nSPS) is 20.6. The van der Waals surface area contributed by atoms with Gasteiger partial charge in [-0.2, -0.15) is 0 Å². The van der Waals surface area contributed by atoms with E-state index < -0.39 is 9.84 Å². The highest BCUT2D eigenvalue weighted by atomic mass is 32.2. The zero-order valence-corrected chi connectivity index (χ0v) is 10.7. The van der Waals surface area contributed by atoms with Crippen LogP contribution in [0, 0.1) is 0 Å². The molecule has 2 N–H and O–H groups in total. The molecule has 0 saturated carbocycles. The maximum absolute atomic E-state index is 12.2. The number of aromatic nitrogens is 2. The zero-order chi connectivity index (χ0) is 12.6. The zero-order valence-electron chi connectivity index (χ0n) is 9.89. The van der Waals surface area contributed by atoms with Crippen LogP contribution in [0.3, 0.4) is 0 Å². The summed E-state index contributed by atoms with van der Waals surface area (Å²) in [7, 11) is -3.33. The van der Waals surface area contributed by atoms with Gasteiger partial charge in [0, 0.05) is 6.04 Å². The summed E-state index contributed by atoms with van der Waals surface area (Å²) in [6.07, 6.45) is 1.96. The first-order valence-electron chi connectivity index (χ1n) is 6.06. The molecule has 0 aliphatic carbocycles. The third kappa shape index (κ3) is 2.13. The molecule has 2 heterocycles. The summed E-state index contributed by atoms with van der Waals surface area (Å²) in [5.74, 6) is 0.118. The molecule has 0 radical (unpaired) electrons. The highest BCUT2D eigenvalue weighted by Crippen LogP contribution is 2.17. The van der Waals surface area contributed by atoms with E-state index >= 15 is 0 Å². The number of benzene rings is 1. The quantitative estimate of drug-likeness (QED) is 0.871. The lowest BCUT2D eigenvalue weighted by Gasteiger charge is -2.08. The first kappa shape index (κ1) is 11.7. The molecule has 18 heavy (non-hydrogen) atoms. The molecule has 1 fully saturated rings. The fraction of sp³-hybridized carbons (Fsp3) is 0.417. The van der Waals surface area contributed by atoms with Gasteiger partial charge in [0.2, 0.25) is 15.0 Å². The third-order valence-corrected chi connectivity index (χ3v) is 4.87. The van der Waals surface area contributed by atoms with Gasteiger partial charge in [-0.1, -0.05) is 12.1 Å². The molecule has 1 aliphatic heterocycles. The molecule has 3 rings (SSSR count). The van der Waals surface area contributed by atoms with Crippen LogP contribution in [0.4, 0.5) is 0 Å². The number of imidazole rings is 1. The van der Waals surface area contributed by atoms with Gasteiger partial charge in [0.15, 0.2) is 0 Å². The summed E-state index contributed by atoms with van der Waals surface area (Å²) in [6.45, 7) is 0.903. The minimum atomic E-state index is -3.33. The van der Waals surface area contributed by atoms with E-state index in [1.807, 2.05) is 18.2 Å². The van der Waals surface area contributed by atoms with Crippen LogP contribution < -0.4 is 5.32 Å². The van der Waals surface area contributed by atoms with Crippen molar-refractivity contribution in [2.75, 3.05) is 12.3 Å². The molecule has 6 heteroatoms. The molecule has 5 nitrogen and oxygen atoms in total. The van der Waals surface area contributed by atoms with E-state index in [4.69, 9.17) is 0 Å². The lowest BCUT2D eigenvalue weighted by atomic mass is 10.3. The Morgan fingerprint density at radius 1 is 1.33 bits per heavy atom. The Hall–Kier alpha value is -1.40. The fourth-order valence-electron chi connectivity index (χ4n) is 2.32. The smallest absolute Gasteiger partial charge is 0.226 e. The molecule has 0 bridgehead atoms. The van der Waals surface area contributed by atoms with Gasteiger partial charge < -0.3 is 10.3 Å². The Bertz CT molecular complexity index is 624. The van der Waals surface area contributed by atoms with Gasteiger partial charge in [0.1, 0.15) is 0 Å². The van der Waals surface area contributed by atoms with Crippen molar-refractivity contribution in [3.8, 4) is 0 Å². The van der Waals surface area contributed by atoms with Crippen molar-refractivity contribution in [2.45, 2.75) is 24.0 Å². The summed E-state index contributed by atoms with van der Waals surface area (Å²) in [5, 5.41) is 3.28. The van der Waals surface area contributed by atoms with Crippen molar-refractivity contribution in [3.05, 3.63) is 24.3 Å². The summed E-state index contributed by atoms with van der Waals surface area (Å²) >= 11 is 0. The van der Waals surface area contributed by atoms with Gasteiger partial charge in [-0.3, -0.25) is 0 Å². The molecule has 1 aliphatic rings. The van der Waals surface area contributed by atoms with Crippen molar-refractivity contribution in [1.82, 2.24) is 15.3 Å². The number of sulfone groups is 1. The van der Waals surface area contributed by atoms with Crippen LogP contribution >= 0.6 is 0 Å². The minimum Gasteiger partial charge on any atom is -0.329 e. The van der Waals surface area contributed by atoms with E-state index in [1.165, 1.54) is 0 Å². The second-order valence-corrected chi connectivity index (χ2v) is 6.58. The summed E-state index contributed by atoms with van der Waals surface area (Å²) in [6, 6.07) is 7.39. The topological polar surface area (TPSA) is 74.8 Å². The Morgan fingerprint density at radius 3 is 2.89 bits per heavy atom. The Kier molecular flexibility index (Phi) is 2.83. The average molecular weight is 265 g/mol. The number of H-pyrrole nitrogens is 1. The predicted octanol–water partition coefficient (Wildman–Crippen LogP) is 1.09. The first-order valence-corrected chi connectivity index (χ1v) is 7.71. The Morgan fingerprint density at radius 2 is 2.17 bits per heavy atom. The number of fused-ring (bicyclic) bond motifs is 1. The van der Waals surface area contributed by atoms with Crippen LogP contribution in [0.1, 0.15) is 12.8 Å². The number of hydrogen-bond donors (Lipinski definition) is 2. The van der Waals surface area contributed by atoms with E-state index in [9.17, 15) is 8.42 Å². The van der Waals surface area contributed by atoms with Crippen LogP contribution in [0.25, 0.3) is 11.0 Å². The van der Waals surface area contributed by atoms with Crippen LogP contribution in [0.5, 0.6) is 0 Å². The van der Waals surface area contributed by atoms with Gasteiger partial charge in [-0.15, -0.1) is 0 Å². The third-order valence-electron chi connectivity index (χ3n) is 3.25. The SMILES string of the molecule is O=S(=O)(C[C@@H]1CCCN1)c1nc2ccccc2[nH]1. The molecule has 1 atom stereocenters. The number of nitrogens with zero attached hydrogens (tertiary/aromatic N) is 1. The Labute approximate surface area is 106 Å². The predicted molar refractivity (Wildman–Crippen MR) is 69.2 cm³/mol. The fourth-order valence-corrected chi connectivity index (χ4v) is 3.79. The standard InChI is InChI=1S/C12H15N3O2S/c16-18(17,8-9-4-3-7-13-9)12-14-10-5-1-2-6-11(10)15-12/h1-2,5-6,9,13H,3-4,7-8H2,(H,14,15)/t9-/m0/s1.